The van der Waals surface area contributed by atoms with E-state index in [1.807, 2.05) is 68.4 Å². The minimum absolute atomic E-state index is 0.0625. The summed E-state index contributed by atoms with van der Waals surface area (Å²) in [4.78, 5) is 14.4. The Bertz CT molecular complexity index is 891. The van der Waals surface area contributed by atoms with Crippen LogP contribution in [-0.2, 0) is 0 Å². The minimum atomic E-state index is -0.217. The highest BCUT2D eigenvalue weighted by Gasteiger charge is 2.22. The minimum Gasteiger partial charge on any atom is -0.354 e. The first-order valence-electron chi connectivity index (χ1n) is 8.28. The number of anilines is 1. The van der Waals surface area contributed by atoms with E-state index < -0.39 is 0 Å². The van der Waals surface area contributed by atoms with Crippen molar-refractivity contribution < 1.29 is 9.32 Å². The quantitative estimate of drug-likeness (QED) is 0.601. The Kier molecular flexibility index (Phi) is 5.42. The summed E-state index contributed by atoms with van der Waals surface area (Å²) in [5.74, 6) is 0.545. The summed E-state index contributed by atoms with van der Waals surface area (Å²) in [6.45, 7) is 3.80. The van der Waals surface area contributed by atoms with Crippen molar-refractivity contribution in [1.29, 1.82) is 0 Å². The molecule has 0 radical (unpaired) electrons. The smallest absolute Gasteiger partial charge is 0.322 e. The van der Waals surface area contributed by atoms with Gasteiger partial charge in [-0.25, -0.2) is 4.79 Å². The lowest BCUT2D eigenvalue weighted by atomic mass is 10.1. The largest absolute Gasteiger partial charge is 0.354 e. The van der Waals surface area contributed by atoms with Gasteiger partial charge in [0.1, 0.15) is 11.4 Å². The molecular weight excluding hydrogens is 394 g/mol. The molecule has 0 saturated heterocycles. The van der Waals surface area contributed by atoms with Gasteiger partial charge in [-0.1, -0.05) is 51.4 Å². The molecule has 3 aromatic rings. The summed E-state index contributed by atoms with van der Waals surface area (Å²) in [5, 5.41) is 6.95. The second kappa shape index (κ2) is 7.74. The second-order valence-corrected chi connectivity index (χ2v) is 7.02. The topological polar surface area (TPSA) is 58.4 Å². The van der Waals surface area contributed by atoms with Crippen LogP contribution in [0.5, 0.6) is 0 Å². The number of amides is 2. The molecular formula is C20H20BrN3O2. The molecule has 0 aliphatic rings. The molecule has 0 fully saturated rings. The van der Waals surface area contributed by atoms with Gasteiger partial charge in [-0.3, -0.25) is 0 Å². The zero-order chi connectivity index (χ0) is 18.7. The SMILES string of the molecule is Cc1noc(-c2ccc(Br)cc2)c1NC(=O)N(C)[C@H](C)c1ccccc1. The molecule has 1 heterocycles. The van der Waals surface area contributed by atoms with E-state index in [0.717, 1.165) is 15.6 Å². The summed E-state index contributed by atoms with van der Waals surface area (Å²) in [6.07, 6.45) is 0. The van der Waals surface area contributed by atoms with Gasteiger partial charge in [0.05, 0.1) is 6.04 Å². The molecule has 1 aromatic heterocycles. The van der Waals surface area contributed by atoms with Gasteiger partial charge in [0, 0.05) is 17.1 Å². The van der Waals surface area contributed by atoms with Crippen molar-refractivity contribution in [2.45, 2.75) is 19.9 Å². The molecule has 2 amide bonds. The van der Waals surface area contributed by atoms with Crippen LogP contribution in [0.1, 0.15) is 24.2 Å². The average molecular weight is 414 g/mol. The maximum Gasteiger partial charge on any atom is 0.322 e. The van der Waals surface area contributed by atoms with E-state index >= 15 is 0 Å². The van der Waals surface area contributed by atoms with Gasteiger partial charge in [0.25, 0.3) is 0 Å². The molecule has 134 valence electrons. The number of halogens is 1. The molecule has 0 bridgehead atoms. The number of urea groups is 1. The van der Waals surface area contributed by atoms with Crippen molar-refractivity contribution in [1.82, 2.24) is 10.1 Å². The summed E-state index contributed by atoms with van der Waals surface area (Å²) in [6, 6.07) is 17.3. The summed E-state index contributed by atoms with van der Waals surface area (Å²) in [5.41, 5.74) is 3.14. The number of nitrogens with one attached hydrogen (secondary N) is 1. The van der Waals surface area contributed by atoms with Crippen LogP contribution in [0.2, 0.25) is 0 Å². The first kappa shape index (κ1) is 18.2. The fourth-order valence-corrected chi connectivity index (χ4v) is 2.91. The van der Waals surface area contributed by atoms with E-state index in [2.05, 4.69) is 26.4 Å². The molecule has 2 aromatic carbocycles. The molecule has 0 aliphatic heterocycles. The van der Waals surface area contributed by atoms with E-state index in [1.54, 1.807) is 11.9 Å². The highest BCUT2D eigenvalue weighted by molar-refractivity contribution is 9.10. The average Bonchev–Trinajstić information content (AvgIpc) is 3.02. The number of rotatable bonds is 4. The van der Waals surface area contributed by atoms with Crippen molar-refractivity contribution >= 4 is 27.6 Å². The Hall–Kier alpha value is -2.60. The molecule has 0 unspecified atom stereocenters. The van der Waals surface area contributed by atoms with Crippen LogP contribution in [0.4, 0.5) is 10.5 Å². The summed E-state index contributed by atoms with van der Waals surface area (Å²) in [7, 11) is 1.77. The van der Waals surface area contributed by atoms with Gasteiger partial charge in [0.2, 0.25) is 0 Å². The number of hydrogen-bond donors (Lipinski definition) is 1. The summed E-state index contributed by atoms with van der Waals surface area (Å²) < 4.78 is 6.42. The molecule has 1 atom stereocenters. The number of carbonyl (C=O) groups is 1. The number of aryl methyl sites for hydroxylation is 1. The van der Waals surface area contributed by atoms with Gasteiger partial charge in [0.15, 0.2) is 5.76 Å². The predicted molar refractivity (Wildman–Crippen MR) is 106 cm³/mol. The lowest BCUT2D eigenvalue weighted by Gasteiger charge is -2.25. The van der Waals surface area contributed by atoms with Gasteiger partial charge < -0.3 is 14.7 Å². The fraction of sp³-hybridized carbons (Fsp3) is 0.200. The first-order valence-corrected chi connectivity index (χ1v) is 9.07. The number of nitrogens with zero attached hydrogens (tertiary/aromatic N) is 2. The van der Waals surface area contributed by atoms with Crippen LogP contribution in [0.15, 0.2) is 63.6 Å². The molecule has 0 saturated carbocycles. The third kappa shape index (κ3) is 3.80. The normalized spacial score (nSPS) is 11.8. The van der Waals surface area contributed by atoms with E-state index in [9.17, 15) is 4.79 Å². The molecule has 0 aliphatic carbocycles. The molecule has 26 heavy (non-hydrogen) atoms. The van der Waals surface area contributed by atoms with Gasteiger partial charge in [-0.05, 0) is 43.7 Å². The van der Waals surface area contributed by atoms with E-state index in [-0.39, 0.29) is 12.1 Å². The second-order valence-electron chi connectivity index (χ2n) is 6.11. The predicted octanol–water partition coefficient (Wildman–Crippen LogP) is 5.64. The Labute approximate surface area is 161 Å². The van der Waals surface area contributed by atoms with Gasteiger partial charge in [-0.2, -0.15) is 0 Å². The maximum absolute atomic E-state index is 12.8. The monoisotopic (exact) mass is 413 g/mol. The van der Waals surface area contributed by atoms with Crippen molar-refractivity contribution in [3.05, 3.63) is 70.3 Å². The Morgan fingerprint density at radius 1 is 1.15 bits per heavy atom. The Morgan fingerprint density at radius 3 is 2.46 bits per heavy atom. The third-order valence-corrected chi connectivity index (χ3v) is 4.91. The van der Waals surface area contributed by atoms with Crippen LogP contribution in [-0.4, -0.2) is 23.1 Å². The Balaban J connectivity index is 1.81. The maximum atomic E-state index is 12.8. The van der Waals surface area contributed by atoms with E-state index in [4.69, 9.17) is 4.52 Å². The molecule has 1 N–H and O–H groups in total. The molecule has 6 heteroatoms. The number of hydrogen-bond acceptors (Lipinski definition) is 3. The van der Waals surface area contributed by atoms with Crippen LogP contribution in [0, 0.1) is 6.92 Å². The van der Waals surface area contributed by atoms with E-state index in [0.29, 0.717) is 17.1 Å². The Morgan fingerprint density at radius 2 is 1.81 bits per heavy atom. The van der Waals surface area contributed by atoms with Crippen LogP contribution in [0.25, 0.3) is 11.3 Å². The van der Waals surface area contributed by atoms with Crippen molar-refractivity contribution in [2.75, 3.05) is 12.4 Å². The number of benzene rings is 2. The number of aromatic nitrogens is 1. The highest BCUT2D eigenvalue weighted by Crippen LogP contribution is 2.32. The lowest BCUT2D eigenvalue weighted by Crippen LogP contribution is -2.33. The zero-order valence-corrected chi connectivity index (χ0v) is 16.4. The van der Waals surface area contributed by atoms with Gasteiger partial charge >= 0.3 is 6.03 Å². The van der Waals surface area contributed by atoms with Crippen LogP contribution >= 0.6 is 15.9 Å². The standard InChI is InChI=1S/C20H20BrN3O2/c1-13-18(19(26-23-13)16-9-11-17(21)12-10-16)22-20(25)24(3)14(2)15-7-5-4-6-8-15/h4-12,14H,1-3H3,(H,22,25)/t14-/m1/s1. The highest BCUT2D eigenvalue weighted by atomic mass is 79.9. The van der Waals surface area contributed by atoms with Crippen molar-refractivity contribution in [3.63, 3.8) is 0 Å². The van der Waals surface area contributed by atoms with Crippen LogP contribution in [0.3, 0.4) is 0 Å². The van der Waals surface area contributed by atoms with Gasteiger partial charge in [-0.15, -0.1) is 0 Å². The fourth-order valence-electron chi connectivity index (χ4n) is 2.64. The molecule has 5 nitrogen and oxygen atoms in total. The number of carbonyl (C=O) groups excluding carboxylic acids is 1. The van der Waals surface area contributed by atoms with Crippen molar-refractivity contribution in [2.24, 2.45) is 0 Å². The molecule has 3 rings (SSSR count). The third-order valence-electron chi connectivity index (χ3n) is 4.38. The van der Waals surface area contributed by atoms with Crippen LogP contribution < -0.4 is 5.32 Å². The molecule has 0 spiro atoms. The lowest BCUT2D eigenvalue weighted by molar-refractivity contribution is 0.208. The first-order chi connectivity index (χ1) is 12.5. The summed E-state index contributed by atoms with van der Waals surface area (Å²) >= 11 is 3.42. The van der Waals surface area contributed by atoms with Crippen molar-refractivity contribution in [3.8, 4) is 11.3 Å². The zero-order valence-electron chi connectivity index (χ0n) is 14.9. The van der Waals surface area contributed by atoms with E-state index in [1.165, 1.54) is 0 Å².